The molecule has 1 unspecified atom stereocenters. The van der Waals surface area contributed by atoms with Crippen molar-refractivity contribution in [2.24, 2.45) is 0 Å². The van der Waals surface area contributed by atoms with Crippen molar-refractivity contribution in [3.8, 4) is 0 Å². The molecule has 0 aliphatic heterocycles. The van der Waals surface area contributed by atoms with Gasteiger partial charge in [0, 0.05) is 0 Å². The topological polar surface area (TPSA) is 40.5 Å². The van der Waals surface area contributed by atoms with E-state index in [1.54, 1.807) is 0 Å². The highest BCUT2D eigenvalue weighted by molar-refractivity contribution is 6.42. The SMILES string of the molecule is O[C@@H]1C(Cl)=C(Cl)[C@H](O)C1Cl. The average Bonchev–Trinajstić information content (AvgIpc) is 2.07. The van der Waals surface area contributed by atoms with Crippen molar-refractivity contribution in [3.05, 3.63) is 10.1 Å². The molecular formula is C5H5Cl3O2. The van der Waals surface area contributed by atoms with E-state index in [1.165, 1.54) is 0 Å². The zero-order valence-electron chi connectivity index (χ0n) is 4.76. The monoisotopic (exact) mass is 202 g/mol. The van der Waals surface area contributed by atoms with Crippen molar-refractivity contribution >= 4 is 34.8 Å². The minimum Gasteiger partial charge on any atom is -0.386 e. The molecule has 0 aromatic rings. The number of hydrogen-bond acceptors (Lipinski definition) is 2. The average molecular weight is 203 g/mol. The minimum absolute atomic E-state index is 0.0363. The second kappa shape index (κ2) is 2.88. The highest BCUT2D eigenvalue weighted by Gasteiger charge is 2.38. The molecule has 1 rings (SSSR count). The number of rotatable bonds is 0. The predicted molar refractivity (Wildman–Crippen MR) is 40.4 cm³/mol. The minimum atomic E-state index is -1.04. The molecule has 0 amide bonds. The molecule has 0 aromatic carbocycles. The molecule has 0 radical (unpaired) electrons. The molecule has 0 saturated heterocycles. The normalized spacial score (nSPS) is 41.1. The molecule has 2 nitrogen and oxygen atoms in total. The highest BCUT2D eigenvalue weighted by atomic mass is 35.5. The number of aliphatic hydroxyl groups excluding tert-OH is 2. The van der Waals surface area contributed by atoms with Crippen LogP contribution in [0.25, 0.3) is 0 Å². The molecule has 3 atom stereocenters. The second-order valence-electron chi connectivity index (χ2n) is 2.03. The molecule has 0 saturated carbocycles. The summed E-state index contributed by atoms with van der Waals surface area (Å²) in [5.74, 6) is 0. The Morgan fingerprint density at radius 3 is 1.40 bits per heavy atom. The molecular weight excluding hydrogens is 198 g/mol. The Kier molecular flexibility index (Phi) is 2.48. The van der Waals surface area contributed by atoms with Crippen LogP contribution in [-0.2, 0) is 0 Å². The molecule has 0 spiro atoms. The maximum Gasteiger partial charge on any atom is 0.110 e. The number of aliphatic hydroxyl groups is 2. The first-order chi connectivity index (χ1) is 4.55. The maximum absolute atomic E-state index is 9.04. The van der Waals surface area contributed by atoms with E-state index >= 15 is 0 Å². The van der Waals surface area contributed by atoms with Crippen LogP contribution in [-0.4, -0.2) is 27.8 Å². The van der Waals surface area contributed by atoms with Crippen LogP contribution in [0.5, 0.6) is 0 Å². The fourth-order valence-electron chi connectivity index (χ4n) is 0.735. The van der Waals surface area contributed by atoms with Gasteiger partial charge in [0.2, 0.25) is 0 Å². The summed E-state index contributed by atoms with van der Waals surface area (Å²) in [6.07, 6.45) is -2.07. The molecule has 58 valence electrons. The van der Waals surface area contributed by atoms with Gasteiger partial charge in [0.1, 0.15) is 12.2 Å². The van der Waals surface area contributed by atoms with Crippen LogP contribution in [0, 0.1) is 0 Å². The van der Waals surface area contributed by atoms with Crippen molar-refractivity contribution < 1.29 is 10.2 Å². The van der Waals surface area contributed by atoms with E-state index in [-0.39, 0.29) is 10.1 Å². The third kappa shape index (κ3) is 1.15. The van der Waals surface area contributed by atoms with Gasteiger partial charge in [0.25, 0.3) is 0 Å². The van der Waals surface area contributed by atoms with Crippen LogP contribution in [0.2, 0.25) is 0 Å². The molecule has 0 bridgehead atoms. The second-order valence-corrected chi connectivity index (χ2v) is 3.35. The number of halogens is 3. The van der Waals surface area contributed by atoms with Gasteiger partial charge < -0.3 is 10.2 Å². The molecule has 2 N–H and O–H groups in total. The summed E-state index contributed by atoms with van der Waals surface area (Å²) in [5, 5.41) is 17.3. The summed E-state index contributed by atoms with van der Waals surface area (Å²) in [6.45, 7) is 0. The van der Waals surface area contributed by atoms with Crippen LogP contribution < -0.4 is 0 Å². The van der Waals surface area contributed by atoms with Gasteiger partial charge >= 0.3 is 0 Å². The predicted octanol–water partition coefficient (Wildman–Crippen LogP) is 1.02. The Balaban J connectivity index is 2.88. The summed E-state index contributed by atoms with van der Waals surface area (Å²) >= 11 is 16.4. The van der Waals surface area contributed by atoms with Crippen LogP contribution >= 0.6 is 34.8 Å². The lowest BCUT2D eigenvalue weighted by atomic mass is 10.3. The summed E-state index contributed by atoms with van der Waals surface area (Å²) in [4.78, 5) is 0. The zero-order valence-corrected chi connectivity index (χ0v) is 7.03. The zero-order chi connectivity index (χ0) is 7.89. The van der Waals surface area contributed by atoms with E-state index in [4.69, 9.17) is 45.0 Å². The van der Waals surface area contributed by atoms with Gasteiger partial charge in [-0.05, 0) is 0 Å². The Hall–Kier alpha value is 0.530. The van der Waals surface area contributed by atoms with Gasteiger partial charge in [-0.25, -0.2) is 0 Å². The molecule has 0 heterocycles. The van der Waals surface area contributed by atoms with Gasteiger partial charge in [0.05, 0.1) is 15.4 Å². The quantitative estimate of drug-likeness (QED) is 0.577. The Bertz CT molecular complexity index is 162. The Morgan fingerprint density at radius 2 is 1.30 bits per heavy atom. The van der Waals surface area contributed by atoms with Crippen molar-refractivity contribution in [3.63, 3.8) is 0 Å². The van der Waals surface area contributed by atoms with Crippen molar-refractivity contribution in [1.29, 1.82) is 0 Å². The third-order valence-electron chi connectivity index (χ3n) is 1.35. The standard InChI is InChI=1S/C5H5Cl3O2/c6-1-2(7)5(10)3(8)4(1)9/h3-5,9-10H/t3?,4-,5+. The Morgan fingerprint density at radius 1 is 1.00 bits per heavy atom. The van der Waals surface area contributed by atoms with E-state index in [2.05, 4.69) is 0 Å². The maximum atomic E-state index is 9.04. The molecule has 10 heavy (non-hydrogen) atoms. The van der Waals surface area contributed by atoms with Gasteiger partial charge in [-0.1, -0.05) is 23.2 Å². The van der Waals surface area contributed by atoms with Gasteiger partial charge in [-0.15, -0.1) is 11.6 Å². The molecule has 0 aromatic heterocycles. The molecule has 1 aliphatic rings. The first-order valence-electron chi connectivity index (χ1n) is 2.61. The van der Waals surface area contributed by atoms with E-state index in [1.807, 2.05) is 0 Å². The third-order valence-corrected chi connectivity index (χ3v) is 2.78. The first-order valence-corrected chi connectivity index (χ1v) is 3.80. The van der Waals surface area contributed by atoms with Crippen LogP contribution in [0.1, 0.15) is 0 Å². The van der Waals surface area contributed by atoms with Crippen LogP contribution in [0.3, 0.4) is 0 Å². The highest BCUT2D eigenvalue weighted by Crippen LogP contribution is 2.35. The summed E-state index contributed by atoms with van der Waals surface area (Å²) in [6, 6.07) is 0. The molecule has 5 heteroatoms. The number of hydrogen-bond donors (Lipinski definition) is 2. The van der Waals surface area contributed by atoms with E-state index < -0.39 is 17.6 Å². The lowest BCUT2D eigenvalue weighted by molar-refractivity contribution is 0.153. The fraction of sp³-hybridized carbons (Fsp3) is 0.600. The van der Waals surface area contributed by atoms with E-state index in [9.17, 15) is 0 Å². The van der Waals surface area contributed by atoms with Crippen molar-refractivity contribution in [2.75, 3.05) is 0 Å². The van der Waals surface area contributed by atoms with Gasteiger partial charge in [-0.2, -0.15) is 0 Å². The fourth-order valence-corrected chi connectivity index (χ4v) is 1.61. The lowest BCUT2D eigenvalue weighted by Crippen LogP contribution is -2.25. The van der Waals surface area contributed by atoms with E-state index in [0.29, 0.717) is 0 Å². The van der Waals surface area contributed by atoms with Crippen molar-refractivity contribution in [1.82, 2.24) is 0 Å². The number of alkyl halides is 1. The van der Waals surface area contributed by atoms with Crippen LogP contribution in [0.15, 0.2) is 10.1 Å². The largest absolute Gasteiger partial charge is 0.386 e. The molecule has 0 fully saturated rings. The van der Waals surface area contributed by atoms with Gasteiger partial charge in [-0.3, -0.25) is 0 Å². The smallest absolute Gasteiger partial charge is 0.110 e. The Labute approximate surface area is 73.0 Å². The van der Waals surface area contributed by atoms with Gasteiger partial charge in [0.15, 0.2) is 0 Å². The van der Waals surface area contributed by atoms with E-state index in [0.717, 1.165) is 0 Å². The lowest BCUT2D eigenvalue weighted by Gasteiger charge is -2.09. The summed E-state index contributed by atoms with van der Waals surface area (Å²) in [5.41, 5.74) is 0. The van der Waals surface area contributed by atoms with Crippen LogP contribution in [0.4, 0.5) is 0 Å². The van der Waals surface area contributed by atoms with Crippen molar-refractivity contribution in [2.45, 2.75) is 17.6 Å². The first kappa shape index (κ1) is 8.62. The molecule has 1 aliphatic carbocycles. The summed E-state index contributed by atoms with van der Waals surface area (Å²) in [7, 11) is 0. The summed E-state index contributed by atoms with van der Waals surface area (Å²) < 4.78 is 0.